The summed E-state index contributed by atoms with van der Waals surface area (Å²) in [4.78, 5) is 13.2. The van der Waals surface area contributed by atoms with Crippen LogP contribution in [-0.4, -0.2) is 140 Å². The third-order valence-electron chi connectivity index (χ3n) is 15.2. The molecule has 0 aliphatic carbocycles. The zero-order chi connectivity index (χ0) is 53.2. The van der Waals surface area contributed by atoms with Gasteiger partial charge >= 0.3 is 0 Å². The second kappa shape index (κ2) is 45.7. The number of nitrogens with one attached hydrogen (secondary N) is 1. The minimum absolute atomic E-state index is 0.236. The van der Waals surface area contributed by atoms with Gasteiger partial charge in [-0.2, -0.15) is 0 Å². The van der Waals surface area contributed by atoms with Crippen LogP contribution in [0, 0.1) is 0 Å². The molecule has 4 unspecified atom stereocenters. The molecule has 1 amide bonds. The zero-order valence-electron chi connectivity index (χ0n) is 46.4. The van der Waals surface area contributed by atoms with E-state index in [0.29, 0.717) is 6.42 Å². The molecule has 2 heterocycles. The number of carbonyl (C=O) groups excluding carboxylic acids is 1. The SMILES string of the molecule is CCCCCCCCCC/C=C/[C@@H](O)[C@H](CO[C@@H]1O[C@H](CO)[C@@H](O[C@@H]2O[C@H](CO)[C@H](O)C(O)C2O)C(O)C1O)NC(=O)CCCCCCCCCCCCCCCCCCCCCCCCCCCCCCC. The maximum Gasteiger partial charge on any atom is 0.220 e. The smallest absolute Gasteiger partial charge is 0.220 e. The first kappa shape index (κ1) is 67.8. The molecular weight excluding hydrogens is 931 g/mol. The predicted octanol–water partition coefficient (Wildman–Crippen LogP) is 10.3. The van der Waals surface area contributed by atoms with Crippen molar-refractivity contribution in [2.75, 3.05) is 19.8 Å². The Morgan fingerprint density at radius 3 is 1.26 bits per heavy atom. The predicted molar refractivity (Wildman–Crippen MR) is 291 cm³/mol. The van der Waals surface area contributed by atoms with Gasteiger partial charge in [0.1, 0.15) is 48.8 Å². The lowest BCUT2D eigenvalue weighted by Gasteiger charge is -2.46. The maximum absolute atomic E-state index is 13.2. The standard InChI is InChI=1S/C59H113NO13/c1-3-5-7-9-11-13-15-16-17-18-19-20-21-22-23-24-25-26-27-28-29-30-31-32-33-35-37-39-41-43-51(64)60-47(48(63)42-40-38-36-34-14-12-10-8-6-4-2)46-70-58-56(69)54(67)57(50(45-62)72-58)73-59-55(68)53(66)52(65)49(44-61)71-59/h40,42,47-50,52-59,61-63,65-69H,3-39,41,43-46H2,1-2H3,(H,60,64)/b42-40+/t47-,48+,49+,50+,52-,53?,54?,55?,56?,57+,58+,59-/m0/s1. The van der Waals surface area contributed by atoms with E-state index in [2.05, 4.69) is 19.2 Å². The van der Waals surface area contributed by atoms with Gasteiger partial charge < -0.3 is 65.1 Å². The third-order valence-corrected chi connectivity index (χ3v) is 15.2. The fourth-order valence-corrected chi connectivity index (χ4v) is 10.3. The van der Waals surface area contributed by atoms with Crippen LogP contribution in [-0.2, 0) is 23.7 Å². The van der Waals surface area contributed by atoms with Crippen molar-refractivity contribution in [3.8, 4) is 0 Å². The Morgan fingerprint density at radius 1 is 0.479 bits per heavy atom. The van der Waals surface area contributed by atoms with E-state index in [4.69, 9.17) is 18.9 Å². The van der Waals surface area contributed by atoms with Crippen molar-refractivity contribution < 1.29 is 64.6 Å². The highest BCUT2D eigenvalue weighted by molar-refractivity contribution is 5.76. The van der Waals surface area contributed by atoms with Crippen molar-refractivity contribution in [2.45, 2.75) is 338 Å². The molecule has 432 valence electrons. The summed E-state index contributed by atoms with van der Waals surface area (Å²) < 4.78 is 22.7. The molecular formula is C59H113NO13. The highest BCUT2D eigenvalue weighted by atomic mass is 16.7. The summed E-state index contributed by atoms with van der Waals surface area (Å²) in [5.74, 6) is -0.236. The van der Waals surface area contributed by atoms with E-state index in [0.717, 1.165) is 38.5 Å². The van der Waals surface area contributed by atoms with Crippen molar-refractivity contribution in [1.82, 2.24) is 5.32 Å². The van der Waals surface area contributed by atoms with Crippen LogP contribution in [0.2, 0.25) is 0 Å². The summed E-state index contributed by atoms with van der Waals surface area (Å²) in [6.07, 6.45) is 35.7. The van der Waals surface area contributed by atoms with E-state index in [1.807, 2.05) is 6.08 Å². The number of ether oxygens (including phenoxy) is 4. The van der Waals surface area contributed by atoms with Crippen molar-refractivity contribution >= 4 is 5.91 Å². The molecule has 0 aromatic heterocycles. The van der Waals surface area contributed by atoms with E-state index < -0.39 is 86.8 Å². The molecule has 0 saturated carbocycles. The zero-order valence-corrected chi connectivity index (χ0v) is 46.4. The van der Waals surface area contributed by atoms with Crippen molar-refractivity contribution in [3.63, 3.8) is 0 Å². The Kier molecular flexibility index (Phi) is 42.5. The molecule has 14 nitrogen and oxygen atoms in total. The van der Waals surface area contributed by atoms with Gasteiger partial charge in [-0.05, 0) is 19.3 Å². The van der Waals surface area contributed by atoms with Crippen molar-refractivity contribution in [2.24, 2.45) is 0 Å². The molecule has 0 radical (unpaired) electrons. The fraction of sp³-hybridized carbons (Fsp3) is 0.949. The second-order valence-electron chi connectivity index (χ2n) is 21.8. The average molecular weight is 1040 g/mol. The molecule has 2 fully saturated rings. The van der Waals surface area contributed by atoms with Crippen molar-refractivity contribution in [1.29, 1.82) is 0 Å². The number of allylic oxidation sites excluding steroid dienone is 1. The number of aliphatic hydroxyl groups excluding tert-OH is 8. The monoisotopic (exact) mass is 1040 g/mol. The average Bonchev–Trinajstić information content (AvgIpc) is 3.39. The summed E-state index contributed by atoms with van der Waals surface area (Å²) in [5.41, 5.74) is 0. The van der Waals surface area contributed by atoms with Crippen LogP contribution in [0.4, 0.5) is 0 Å². The van der Waals surface area contributed by atoms with Gasteiger partial charge in [0.25, 0.3) is 0 Å². The van der Waals surface area contributed by atoms with Crippen LogP contribution in [0.25, 0.3) is 0 Å². The number of hydrogen-bond donors (Lipinski definition) is 9. The molecule has 2 aliphatic heterocycles. The van der Waals surface area contributed by atoms with Crippen LogP contribution in [0.5, 0.6) is 0 Å². The van der Waals surface area contributed by atoms with E-state index in [-0.39, 0.29) is 18.9 Å². The summed E-state index contributed by atoms with van der Waals surface area (Å²) in [5, 5.41) is 86.8. The lowest BCUT2D eigenvalue weighted by Crippen LogP contribution is -2.65. The van der Waals surface area contributed by atoms with Gasteiger partial charge in [-0.1, -0.05) is 251 Å². The second-order valence-corrected chi connectivity index (χ2v) is 21.8. The molecule has 0 bridgehead atoms. The molecule has 2 rings (SSSR count). The minimum atomic E-state index is -1.78. The third kappa shape index (κ3) is 31.7. The Labute approximate surface area is 444 Å². The number of rotatable bonds is 49. The minimum Gasteiger partial charge on any atom is -0.394 e. The normalized spacial score (nSPS) is 25.4. The molecule has 12 atom stereocenters. The number of aliphatic hydroxyl groups is 8. The molecule has 0 aromatic rings. The quantitative estimate of drug-likeness (QED) is 0.0204. The molecule has 9 N–H and O–H groups in total. The lowest BCUT2D eigenvalue weighted by atomic mass is 9.97. The molecule has 14 heteroatoms. The number of amides is 1. The van der Waals surface area contributed by atoms with Gasteiger partial charge in [0.05, 0.1) is 32.0 Å². The summed E-state index contributed by atoms with van der Waals surface area (Å²) >= 11 is 0. The van der Waals surface area contributed by atoms with E-state index >= 15 is 0 Å². The summed E-state index contributed by atoms with van der Waals surface area (Å²) in [7, 11) is 0. The van der Waals surface area contributed by atoms with Crippen LogP contribution >= 0.6 is 0 Å². The Bertz CT molecular complexity index is 1280. The van der Waals surface area contributed by atoms with Gasteiger partial charge in [-0.15, -0.1) is 0 Å². The maximum atomic E-state index is 13.2. The van der Waals surface area contributed by atoms with Crippen LogP contribution in [0.3, 0.4) is 0 Å². The van der Waals surface area contributed by atoms with E-state index in [1.54, 1.807) is 6.08 Å². The topological polar surface area (TPSA) is 228 Å². The van der Waals surface area contributed by atoms with Crippen LogP contribution in [0.15, 0.2) is 12.2 Å². The van der Waals surface area contributed by atoms with Crippen LogP contribution < -0.4 is 5.32 Å². The Morgan fingerprint density at radius 2 is 0.849 bits per heavy atom. The molecule has 2 aliphatic rings. The Balaban J connectivity index is 1.63. The van der Waals surface area contributed by atoms with Crippen LogP contribution in [0.1, 0.15) is 264 Å². The van der Waals surface area contributed by atoms with Gasteiger partial charge in [-0.25, -0.2) is 0 Å². The first-order chi connectivity index (χ1) is 35.6. The fourth-order valence-electron chi connectivity index (χ4n) is 10.3. The van der Waals surface area contributed by atoms with E-state index in [9.17, 15) is 45.6 Å². The van der Waals surface area contributed by atoms with E-state index in [1.165, 1.54) is 199 Å². The highest BCUT2D eigenvalue weighted by Gasteiger charge is 2.51. The molecule has 2 saturated heterocycles. The summed E-state index contributed by atoms with van der Waals surface area (Å²) in [6, 6.07) is -0.908. The van der Waals surface area contributed by atoms with Gasteiger partial charge in [-0.3, -0.25) is 4.79 Å². The Hall–Kier alpha value is -1.27. The molecule has 0 spiro atoms. The first-order valence-electron chi connectivity index (χ1n) is 30.4. The lowest BCUT2D eigenvalue weighted by molar-refractivity contribution is -0.359. The molecule has 0 aromatic carbocycles. The number of unbranched alkanes of at least 4 members (excludes halogenated alkanes) is 36. The van der Waals surface area contributed by atoms with Gasteiger partial charge in [0, 0.05) is 6.42 Å². The highest BCUT2D eigenvalue weighted by Crippen LogP contribution is 2.30. The number of hydrogen-bond acceptors (Lipinski definition) is 13. The van der Waals surface area contributed by atoms with Crippen molar-refractivity contribution in [3.05, 3.63) is 12.2 Å². The van der Waals surface area contributed by atoms with Gasteiger partial charge in [0.15, 0.2) is 12.6 Å². The number of carbonyl (C=O) groups is 1. The summed E-state index contributed by atoms with van der Waals surface area (Å²) in [6.45, 7) is 2.79. The molecule has 73 heavy (non-hydrogen) atoms. The first-order valence-corrected chi connectivity index (χ1v) is 30.4. The van der Waals surface area contributed by atoms with Gasteiger partial charge in [0.2, 0.25) is 5.91 Å². The largest absolute Gasteiger partial charge is 0.394 e.